The molecule has 0 aliphatic rings. The molecule has 0 fully saturated rings. The predicted octanol–water partition coefficient (Wildman–Crippen LogP) is 1.36. The lowest BCUT2D eigenvalue weighted by Crippen LogP contribution is -2.16. The van der Waals surface area contributed by atoms with Crippen LogP contribution in [0.2, 0.25) is 0 Å². The van der Waals surface area contributed by atoms with E-state index < -0.39 is 5.97 Å². The highest BCUT2D eigenvalue weighted by Gasteiger charge is 2.01. The van der Waals surface area contributed by atoms with Crippen molar-refractivity contribution in [3.8, 4) is 0 Å². The summed E-state index contributed by atoms with van der Waals surface area (Å²) in [6, 6.07) is 0. The van der Waals surface area contributed by atoms with Gasteiger partial charge in [-0.1, -0.05) is 12.5 Å². The number of carboxylic acids is 1. The van der Waals surface area contributed by atoms with E-state index in [4.69, 9.17) is 9.52 Å². The van der Waals surface area contributed by atoms with Crippen LogP contribution in [0.1, 0.15) is 25.5 Å². The number of rotatable bonds is 6. The van der Waals surface area contributed by atoms with Crippen LogP contribution in [0.5, 0.6) is 0 Å². The molecule has 1 rings (SSSR count). The second-order valence-electron chi connectivity index (χ2n) is 3.51. The summed E-state index contributed by atoms with van der Waals surface area (Å²) in [5.74, 6) is 0.554. The number of nitrogens with zero attached hydrogens (tertiary/aromatic N) is 1. The van der Waals surface area contributed by atoms with Gasteiger partial charge in [-0.2, -0.15) is 0 Å². The van der Waals surface area contributed by atoms with E-state index in [9.17, 15) is 4.79 Å². The number of aromatic nitrogens is 1. The van der Waals surface area contributed by atoms with Crippen LogP contribution < -0.4 is 5.32 Å². The van der Waals surface area contributed by atoms with Gasteiger partial charge in [0.25, 0.3) is 0 Å². The molecule has 0 radical (unpaired) electrons. The molecule has 0 spiro atoms. The highest BCUT2D eigenvalue weighted by molar-refractivity contribution is 5.80. The number of aliphatic carboxylic acids is 1. The summed E-state index contributed by atoms with van der Waals surface area (Å²) in [4.78, 5) is 14.4. The number of oxazole rings is 1. The predicted molar refractivity (Wildman–Crippen MR) is 59.0 cm³/mol. The van der Waals surface area contributed by atoms with Crippen molar-refractivity contribution in [2.24, 2.45) is 0 Å². The first kappa shape index (κ1) is 12.4. The van der Waals surface area contributed by atoms with Crippen LogP contribution in [0.15, 0.2) is 22.3 Å². The maximum atomic E-state index is 10.4. The van der Waals surface area contributed by atoms with Gasteiger partial charge in [0.2, 0.25) is 5.89 Å². The minimum atomic E-state index is -0.927. The zero-order chi connectivity index (χ0) is 12.0. The second-order valence-corrected chi connectivity index (χ2v) is 3.51. The summed E-state index contributed by atoms with van der Waals surface area (Å²) in [6.07, 6.45) is 3.71. The summed E-state index contributed by atoms with van der Waals surface area (Å²) in [5.41, 5.74) is 0.759. The van der Waals surface area contributed by atoms with Gasteiger partial charge in [0.15, 0.2) is 0 Å². The van der Waals surface area contributed by atoms with E-state index in [2.05, 4.69) is 10.3 Å². The molecule has 0 amide bonds. The molecule has 1 heterocycles. The van der Waals surface area contributed by atoms with E-state index in [0.717, 1.165) is 17.8 Å². The quantitative estimate of drug-likeness (QED) is 0.713. The van der Waals surface area contributed by atoms with Crippen molar-refractivity contribution in [3.63, 3.8) is 0 Å². The molecular formula is C11H16N2O3. The SMILES string of the molecule is CCc1cnc(CNCC(C)=CC(=O)O)o1. The van der Waals surface area contributed by atoms with Gasteiger partial charge in [0, 0.05) is 19.0 Å². The van der Waals surface area contributed by atoms with Crippen LogP contribution in [0.25, 0.3) is 0 Å². The van der Waals surface area contributed by atoms with E-state index in [1.54, 1.807) is 13.1 Å². The van der Waals surface area contributed by atoms with Crippen LogP contribution >= 0.6 is 0 Å². The van der Waals surface area contributed by atoms with Gasteiger partial charge in [-0.15, -0.1) is 0 Å². The minimum Gasteiger partial charge on any atom is -0.478 e. The Labute approximate surface area is 94.2 Å². The third-order valence-electron chi connectivity index (χ3n) is 2.00. The van der Waals surface area contributed by atoms with Crippen LogP contribution in [-0.2, 0) is 17.8 Å². The third kappa shape index (κ3) is 4.27. The molecule has 2 N–H and O–H groups in total. The summed E-state index contributed by atoms with van der Waals surface area (Å²) < 4.78 is 5.39. The number of aryl methyl sites for hydroxylation is 1. The van der Waals surface area contributed by atoms with Crippen LogP contribution in [0.3, 0.4) is 0 Å². The zero-order valence-corrected chi connectivity index (χ0v) is 9.49. The van der Waals surface area contributed by atoms with Crippen molar-refractivity contribution in [1.29, 1.82) is 0 Å². The van der Waals surface area contributed by atoms with E-state index in [-0.39, 0.29) is 0 Å². The molecule has 0 atom stereocenters. The van der Waals surface area contributed by atoms with E-state index in [1.165, 1.54) is 6.08 Å². The highest BCUT2D eigenvalue weighted by atomic mass is 16.4. The van der Waals surface area contributed by atoms with Crippen molar-refractivity contribution in [2.75, 3.05) is 6.54 Å². The normalized spacial score (nSPS) is 11.8. The van der Waals surface area contributed by atoms with Crippen molar-refractivity contribution in [2.45, 2.75) is 26.8 Å². The molecule has 1 aromatic heterocycles. The van der Waals surface area contributed by atoms with Crippen LogP contribution in [0, 0.1) is 0 Å². The van der Waals surface area contributed by atoms with Crippen molar-refractivity contribution >= 4 is 5.97 Å². The Bertz CT molecular complexity index is 382. The zero-order valence-electron chi connectivity index (χ0n) is 9.49. The largest absolute Gasteiger partial charge is 0.478 e. The molecule has 0 aliphatic heterocycles. The van der Waals surface area contributed by atoms with Gasteiger partial charge in [0.1, 0.15) is 5.76 Å². The lowest BCUT2D eigenvalue weighted by atomic mass is 10.3. The van der Waals surface area contributed by atoms with E-state index in [1.807, 2.05) is 6.92 Å². The molecule has 0 bridgehead atoms. The molecule has 0 aliphatic carbocycles. The van der Waals surface area contributed by atoms with Gasteiger partial charge in [-0.05, 0) is 6.92 Å². The average molecular weight is 224 g/mol. The highest BCUT2D eigenvalue weighted by Crippen LogP contribution is 2.03. The molecule has 0 saturated heterocycles. The van der Waals surface area contributed by atoms with Crippen molar-refractivity contribution in [1.82, 2.24) is 10.3 Å². The monoisotopic (exact) mass is 224 g/mol. The lowest BCUT2D eigenvalue weighted by molar-refractivity contribution is -0.131. The number of carboxylic acid groups (broad SMARTS) is 1. The van der Waals surface area contributed by atoms with Crippen LogP contribution in [0.4, 0.5) is 0 Å². The van der Waals surface area contributed by atoms with Crippen LogP contribution in [-0.4, -0.2) is 22.6 Å². The number of carbonyl (C=O) groups is 1. The fraction of sp³-hybridized carbons (Fsp3) is 0.455. The Balaban J connectivity index is 2.33. The smallest absolute Gasteiger partial charge is 0.328 e. The molecule has 88 valence electrons. The van der Waals surface area contributed by atoms with Crippen molar-refractivity contribution < 1.29 is 14.3 Å². The van der Waals surface area contributed by atoms with Gasteiger partial charge in [-0.3, -0.25) is 0 Å². The van der Waals surface area contributed by atoms with Gasteiger partial charge >= 0.3 is 5.97 Å². The molecule has 5 heteroatoms. The second kappa shape index (κ2) is 6.07. The summed E-state index contributed by atoms with van der Waals surface area (Å²) in [5, 5.41) is 11.6. The van der Waals surface area contributed by atoms with Gasteiger partial charge in [-0.25, -0.2) is 9.78 Å². The summed E-state index contributed by atoms with van der Waals surface area (Å²) in [7, 11) is 0. The first-order valence-electron chi connectivity index (χ1n) is 5.16. The standard InChI is InChI=1S/C11H16N2O3/c1-3-9-6-13-10(16-9)7-12-5-8(2)4-11(14)15/h4,6,12H,3,5,7H2,1-2H3,(H,14,15). The van der Waals surface area contributed by atoms with Gasteiger partial charge < -0.3 is 14.8 Å². The molecule has 0 saturated carbocycles. The fourth-order valence-electron chi connectivity index (χ4n) is 1.22. The molecule has 0 aromatic carbocycles. The molecule has 0 unspecified atom stereocenters. The van der Waals surface area contributed by atoms with Gasteiger partial charge in [0.05, 0.1) is 12.7 Å². The summed E-state index contributed by atoms with van der Waals surface area (Å²) >= 11 is 0. The topological polar surface area (TPSA) is 75.4 Å². The van der Waals surface area contributed by atoms with Crippen molar-refractivity contribution in [3.05, 3.63) is 29.5 Å². The number of hydrogen-bond donors (Lipinski definition) is 2. The Hall–Kier alpha value is -1.62. The fourth-order valence-corrected chi connectivity index (χ4v) is 1.22. The lowest BCUT2D eigenvalue weighted by Gasteiger charge is -2.01. The third-order valence-corrected chi connectivity index (χ3v) is 2.00. The number of hydrogen-bond acceptors (Lipinski definition) is 4. The maximum Gasteiger partial charge on any atom is 0.328 e. The maximum absolute atomic E-state index is 10.4. The first-order chi connectivity index (χ1) is 7.61. The van der Waals surface area contributed by atoms with E-state index in [0.29, 0.717) is 19.0 Å². The average Bonchev–Trinajstić information content (AvgIpc) is 2.64. The Kier molecular flexibility index (Phi) is 4.72. The molecular weight excluding hydrogens is 208 g/mol. The molecule has 16 heavy (non-hydrogen) atoms. The first-order valence-corrected chi connectivity index (χ1v) is 5.16. The Morgan fingerprint density at radius 2 is 2.44 bits per heavy atom. The minimum absolute atomic E-state index is 0.505. The number of nitrogens with one attached hydrogen (secondary N) is 1. The molecule has 1 aromatic rings. The Morgan fingerprint density at radius 1 is 1.69 bits per heavy atom. The van der Waals surface area contributed by atoms with E-state index >= 15 is 0 Å². The molecule has 5 nitrogen and oxygen atoms in total. The Morgan fingerprint density at radius 3 is 3.00 bits per heavy atom. The summed E-state index contributed by atoms with van der Waals surface area (Å²) in [6.45, 7) is 4.77.